The fraction of sp³-hybridized carbons (Fsp3) is 0.318. The second-order valence-electron chi connectivity index (χ2n) is 6.70. The molecule has 1 amide bonds. The van der Waals surface area contributed by atoms with Crippen molar-refractivity contribution in [3.63, 3.8) is 0 Å². The van der Waals surface area contributed by atoms with E-state index in [2.05, 4.69) is 10.3 Å². The van der Waals surface area contributed by atoms with E-state index in [0.29, 0.717) is 43.8 Å². The molecule has 0 radical (unpaired) electrons. The van der Waals surface area contributed by atoms with Crippen LogP contribution >= 0.6 is 23.1 Å². The molecular weight excluding hydrogens is 448 g/mol. The van der Waals surface area contributed by atoms with Crippen LogP contribution in [0, 0.1) is 18.3 Å². The van der Waals surface area contributed by atoms with E-state index in [1.807, 2.05) is 19.1 Å². The molecule has 0 aliphatic carbocycles. The van der Waals surface area contributed by atoms with Gasteiger partial charge in [0.2, 0.25) is 5.91 Å². The molecule has 0 bridgehead atoms. The number of carbonyl (C=O) groups excluding carboxylic acids is 2. The van der Waals surface area contributed by atoms with Gasteiger partial charge in [0.25, 0.3) is 5.56 Å². The first kappa shape index (κ1) is 23.5. The number of hydrogen-bond donors (Lipinski definition) is 1. The van der Waals surface area contributed by atoms with Crippen LogP contribution in [0.15, 0.2) is 34.2 Å². The molecule has 3 rings (SSSR count). The maximum atomic E-state index is 12.7. The number of nitrogens with zero attached hydrogens (tertiary/aromatic N) is 3. The quantitative estimate of drug-likeness (QED) is 0.301. The van der Waals surface area contributed by atoms with Gasteiger partial charge in [-0.3, -0.25) is 14.2 Å². The van der Waals surface area contributed by atoms with E-state index in [9.17, 15) is 19.6 Å². The third-order valence-electron chi connectivity index (χ3n) is 4.68. The molecule has 10 heteroatoms. The molecule has 8 nitrogen and oxygen atoms in total. The van der Waals surface area contributed by atoms with Crippen LogP contribution < -0.4 is 10.9 Å². The number of ether oxygens (including phenoxy) is 1. The van der Waals surface area contributed by atoms with Gasteiger partial charge in [-0.25, -0.2) is 9.78 Å². The molecule has 0 saturated heterocycles. The summed E-state index contributed by atoms with van der Waals surface area (Å²) in [6.07, 6.45) is 0.146. The number of amides is 1. The van der Waals surface area contributed by atoms with E-state index in [0.717, 1.165) is 11.3 Å². The minimum absolute atomic E-state index is 0.107. The second kappa shape index (κ2) is 10.4. The van der Waals surface area contributed by atoms with E-state index in [4.69, 9.17) is 4.74 Å². The Morgan fingerprint density at radius 2 is 2.06 bits per heavy atom. The third-order valence-corrected chi connectivity index (χ3v) is 6.84. The molecule has 2 heterocycles. The Morgan fingerprint density at radius 3 is 2.75 bits per heavy atom. The molecule has 2 aromatic heterocycles. The van der Waals surface area contributed by atoms with Gasteiger partial charge in [0.15, 0.2) is 5.16 Å². The molecule has 32 heavy (non-hydrogen) atoms. The lowest BCUT2D eigenvalue weighted by Crippen LogP contribution is -2.22. The molecule has 1 N–H and O–H groups in total. The van der Waals surface area contributed by atoms with Gasteiger partial charge >= 0.3 is 5.97 Å². The first-order chi connectivity index (χ1) is 15.4. The summed E-state index contributed by atoms with van der Waals surface area (Å²) in [5.41, 5.74) is 1.26. The standard InChI is InChI=1S/C22H22N4O4S2/c1-4-26-20(28)14-8-6-7-9-16(14)24-22(26)31-11-10-17(27)25-19-15(12-23)13(3)18(32-19)21(29)30-5-2/h6-9H,4-5,10-11H2,1-3H3,(H,25,27). The largest absolute Gasteiger partial charge is 0.462 e. The van der Waals surface area contributed by atoms with Gasteiger partial charge < -0.3 is 10.1 Å². The molecule has 0 fully saturated rings. The number of nitrogens with one attached hydrogen (secondary N) is 1. The predicted octanol–water partition coefficient (Wildman–Crippen LogP) is 3.96. The fourth-order valence-corrected chi connectivity index (χ4v) is 5.16. The number of para-hydroxylation sites is 1. The number of esters is 1. The zero-order valence-corrected chi connectivity index (χ0v) is 19.6. The topological polar surface area (TPSA) is 114 Å². The summed E-state index contributed by atoms with van der Waals surface area (Å²) in [5, 5.41) is 13.6. The van der Waals surface area contributed by atoms with Gasteiger partial charge in [0.1, 0.15) is 15.9 Å². The van der Waals surface area contributed by atoms with Gasteiger partial charge in [0.05, 0.1) is 23.1 Å². The van der Waals surface area contributed by atoms with Crippen LogP contribution in [0.1, 0.15) is 41.1 Å². The molecule has 3 aromatic rings. The molecule has 0 unspecified atom stereocenters. The number of nitriles is 1. The lowest BCUT2D eigenvalue weighted by Gasteiger charge is -2.11. The Kier molecular flexibility index (Phi) is 7.66. The number of rotatable bonds is 8. The number of aromatic nitrogens is 2. The molecule has 0 saturated carbocycles. The molecular formula is C22H22N4O4S2. The highest BCUT2D eigenvalue weighted by molar-refractivity contribution is 7.99. The van der Waals surface area contributed by atoms with Gasteiger partial charge in [-0.2, -0.15) is 5.26 Å². The summed E-state index contributed by atoms with van der Waals surface area (Å²) in [6, 6.07) is 9.21. The average Bonchev–Trinajstić information content (AvgIpc) is 3.09. The number of fused-ring (bicyclic) bond motifs is 1. The van der Waals surface area contributed by atoms with Crippen molar-refractivity contribution < 1.29 is 14.3 Å². The number of thiophene rings is 1. The fourth-order valence-electron chi connectivity index (χ4n) is 3.09. The summed E-state index contributed by atoms with van der Waals surface area (Å²) in [7, 11) is 0. The van der Waals surface area contributed by atoms with E-state index in [-0.39, 0.29) is 30.1 Å². The van der Waals surface area contributed by atoms with Crippen molar-refractivity contribution in [1.29, 1.82) is 5.26 Å². The monoisotopic (exact) mass is 470 g/mol. The summed E-state index contributed by atoms with van der Waals surface area (Å²) < 4.78 is 6.60. The number of anilines is 1. The SMILES string of the molecule is CCOC(=O)c1sc(NC(=O)CCSc2nc3ccccc3c(=O)n2CC)c(C#N)c1C. The zero-order chi connectivity index (χ0) is 23.3. The third kappa shape index (κ3) is 4.84. The van der Waals surface area contributed by atoms with Crippen LogP contribution in [0.3, 0.4) is 0 Å². The molecule has 166 valence electrons. The van der Waals surface area contributed by atoms with Crippen molar-refractivity contribution in [1.82, 2.24) is 9.55 Å². The molecule has 0 spiro atoms. The Labute approximate surface area is 193 Å². The van der Waals surface area contributed by atoms with Crippen LogP contribution in [0.4, 0.5) is 5.00 Å². The van der Waals surface area contributed by atoms with Gasteiger partial charge in [0, 0.05) is 18.7 Å². The Balaban J connectivity index is 1.70. The van der Waals surface area contributed by atoms with Crippen molar-refractivity contribution in [3.8, 4) is 6.07 Å². The summed E-state index contributed by atoms with van der Waals surface area (Å²) in [4.78, 5) is 42.1. The molecule has 0 aliphatic heterocycles. The highest BCUT2D eigenvalue weighted by atomic mass is 32.2. The van der Waals surface area contributed by atoms with Crippen LogP contribution in [-0.2, 0) is 16.1 Å². The number of benzene rings is 1. The highest BCUT2D eigenvalue weighted by Gasteiger charge is 2.22. The van der Waals surface area contributed by atoms with Crippen molar-refractivity contribution >= 4 is 50.9 Å². The normalized spacial score (nSPS) is 10.7. The maximum Gasteiger partial charge on any atom is 0.348 e. The van der Waals surface area contributed by atoms with E-state index < -0.39 is 5.97 Å². The average molecular weight is 471 g/mol. The lowest BCUT2D eigenvalue weighted by atomic mass is 10.2. The summed E-state index contributed by atoms with van der Waals surface area (Å²) in [6.45, 7) is 5.93. The molecule has 1 aromatic carbocycles. The molecule has 0 aliphatic rings. The van der Waals surface area contributed by atoms with E-state index in [1.165, 1.54) is 11.8 Å². The molecule has 0 atom stereocenters. The van der Waals surface area contributed by atoms with Crippen molar-refractivity contribution in [2.45, 2.75) is 38.9 Å². The van der Waals surface area contributed by atoms with Gasteiger partial charge in [-0.1, -0.05) is 23.9 Å². The van der Waals surface area contributed by atoms with Crippen molar-refractivity contribution in [2.75, 3.05) is 17.7 Å². The van der Waals surface area contributed by atoms with Crippen molar-refractivity contribution in [2.24, 2.45) is 0 Å². The minimum atomic E-state index is -0.512. The maximum absolute atomic E-state index is 12.7. The summed E-state index contributed by atoms with van der Waals surface area (Å²) >= 11 is 2.36. The zero-order valence-electron chi connectivity index (χ0n) is 17.9. The first-order valence-electron chi connectivity index (χ1n) is 10.0. The predicted molar refractivity (Wildman–Crippen MR) is 125 cm³/mol. The lowest BCUT2D eigenvalue weighted by molar-refractivity contribution is -0.115. The Bertz CT molecular complexity index is 1270. The smallest absolute Gasteiger partial charge is 0.348 e. The second-order valence-corrected chi connectivity index (χ2v) is 8.78. The minimum Gasteiger partial charge on any atom is -0.462 e. The van der Waals surface area contributed by atoms with Crippen molar-refractivity contribution in [3.05, 3.63) is 50.6 Å². The van der Waals surface area contributed by atoms with Crippen LogP contribution in [0.5, 0.6) is 0 Å². The summed E-state index contributed by atoms with van der Waals surface area (Å²) in [5.74, 6) is -0.410. The van der Waals surface area contributed by atoms with Crippen LogP contribution in [-0.4, -0.2) is 33.8 Å². The number of hydrogen-bond acceptors (Lipinski definition) is 8. The van der Waals surface area contributed by atoms with Crippen LogP contribution in [0.2, 0.25) is 0 Å². The van der Waals surface area contributed by atoms with E-state index in [1.54, 1.807) is 36.6 Å². The number of carbonyl (C=O) groups is 2. The highest BCUT2D eigenvalue weighted by Crippen LogP contribution is 2.33. The Hall–Kier alpha value is -3.16. The Morgan fingerprint density at radius 1 is 1.31 bits per heavy atom. The first-order valence-corrected chi connectivity index (χ1v) is 11.8. The van der Waals surface area contributed by atoms with E-state index >= 15 is 0 Å². The van der Waals surface area contributed by atoms with Gasteiger partial charge in [-0.15, -0.1) is 11.3 Å². The van der Waals surface area contributed by atoms with Gasteiger partial charge in [-0.05, 0) is 38.5 Å². The number of thioether (sulfide) groups is 1. The van der Waals surface area contributed by atoms with Crippen LogP contribution in [0.25, 0.3) is 10.9 Å².